The zero-order valence-corrected chi connectivity index (χ0v) is 21.4. The number of nitrogens with one attached hydrogen (secondary N) is 1. The van der Waals surface area contributed by atoms with Gasteiger partial charge in [0.1, 0.15) is 11.5 Å². The van der Waals surface area contributed by atoms with E-state index in [1.54, 1.807) is 42.5 Å². The highest BCUT2D eigenvalue weighted by Crippen LogP contribution is 2.29. The van der Waals surface area contributed by atoms with Gasteiger partial charge in [-0.2, -0.15) is 5.10 Å². The number of amides is 1. The van der Waals surface area contributed by atoms with E-state index in [1.165, 1.54) is 26.5 Å². The largest absolute Gasteiger partial charge is 0.493 e. The first-order valence-corrected chi connectivity index (χ1v) is 11.4. The summed E-state index contributed by atoms with van der Waals surface area (Å²) in [6, 6.07) is 16.8. The van der Waals surface area contributed by atoms with Crippen LogP contribution in [0.4, 0.5) is 0 Å². The van der Waals surface area contributed by atoms with Crippen LogP contribution in [-0.4, -0.2) is 38.9 Å². The SMILES string of the molecule is COc1ccc(C(=O)Oc2ccc(Br)cc2/C=N\NC(=O)COc2ccc(Br)cc2)cc1OC. The molecule has 3 aromatic carbocycles. The minimum Gasteiger partial charge on any atom is -0.493 e. The maximum Gasteiger partial charge on any atom is 0.343 e. The van der Waals surface area contributed by atoms with Gasteiger partial charge < -0.3 is 18.9 Å². The van der Waals surface area contributed by atoms with Gasteiger partial charge in [0.25, 0.3) is 5.91 Å². The number of methoxy groups -OCH3 is 2. The van der Waals surface area contributed by atoms with Crippen molar-refractivity contribution in [2.75, 3.05) is 20.8 Å². The standard InChI is InChI=1S/C24H20Br2N2O6/c1-31-21-9-3-15(12-22(21)32-2)24(30)34-20-10-6-18(26)11-16(20)13-27-28-23(29)14-33-19-7-4-17(25)5-8-19/h3-13H,14H2,1-2H3,(H,28,29)/b27-13-. The van der Waals surface area contributed by atoms with E-state index in [9.17, 15) is 9.59 Å². The molecule has 8 nitrogen and oxygen atoms in total. The molecule has 0 spiro atoms. The second-order valence-electron chi connectivity index (χ2n) is 6.68. The van der Waals surface area contributed by atoms with Gasteiger partial charge in [0.15, 0.2) is 18.1 Å². The molecule has 3 aromatic rings. The molecule has 0 fully saturated rings. The Bertz CT molecular complexity index is 1200. The lowest BCUT2D eigenvalue weighted by Gasteiger charge is -2.11. The smallest absolute Gasteiger partial charge is 0.343 e. The number of esters is 1. The quantitative estimate of drug-likeness (QED) is 0.163. The molecule has 0 aromatic heterocycles. The van der Waals surface area contributed by atoms with E-state index in [0.717, 1.165) is 8.95 Å². The Labute approximate surface area is 213 Å². The summed E-state index contributed by atoms with van der Waals surface area (Å²) in [6.45, 7) is -0.210. The predicted octanol–water partition coefficient (Wildman–Crippen LogP) is 4.98. The summed E-state index contributed by atoms with van der Waals surface area (Å²) in [6.07, 6.45) is 1.37. The van der Waals surface area contributed by atoms with E-state index < -0.39 is 11.9 Å². The van der Waals surface area contributed by atoms with E-state index in [2.05, 4.69) is 42.4 Å². The second kappa shape index (κ2) is 12.2. The van der Waals surface area contributed by atoms with Gasteiger partial charge in [-0.05, 0) is 60.7 Å². The fourth-order valence-electron chi connectivity index (χ4n) is 2.72. The number of benzene rings is 3. The number of halogens is 2. The Morgan fingerprint density at radius 1 is 0.882 bits per heavy atom. The number of hydrogen-bond acceptors (Lipinski definition) is 7. The Kier molecular flexibility index (Phi) is 9.06. The molecule has 10 heteroatoms. The Balaban J connectivity index is 1.65. The van der Waals surface area contributed by atoms with Gasteiger partial charge in [0.2, 0.25) is 0 Å². The van der Waals surface area contributed by atoms with Gasteiger partial charge in [0.05, 0.1) is 26.0 Å². The van der Waals surface area contributed by atoms with Gasteiger partial charge >= 0.3 is 5.97 Å². The third-order valence-corrected chi connectivity index (χ3v) is 5.39. The molecule has 1 N–H and O–H groups in total. The average molecular weight is 592 g/mol. The molecule has 0 aliphatic heterocycles. The third kappa shape index (κ3) is 7.06. The van der Waals surface area contributed by atoms with E-state index >= 15 is 0 Å². The van der Waals surface area contributed by atoms with E-state index in [0.29, 0.717) is 22.8 Å². The van der Waals surface area contributed by atoms with Crippen LogP contribution in [0.15, 0.2) is 74.7 Å². The lowest BCUT2D eigenvalue weighted by atomic mass is 10.2. The van der Waals surface area contributed by atoms with Gasteiger partial charge in [-0.25, -0.2) is 10.2 Å². The molecule has 0 bridgehead atoms. The molecule has 0 heterocycles. The molecule has 0 aliphatic rings. The molecule has 176 valence electrons. The number of nitrogens with zero attached hydrogens (tertiary/aromatic N) is 1. The van der Waals surface area contributed by atoms with Crippen molar-refractivity contribution in [2.45, 2.75) is 0 Å². The highest BCUT2D eigenvalue weighted by Gasteiger charge is 2.15. The fraction of sp³-hybridized carbons (Fsp3) is 0.125. The van der Waals surface area contributed by atoms with Gasteiger partial charge in [-0.15, -0.1) is 0 Å². The number of hydrogen-bond donors (Lipinski definition) is 1. The highest BCUT2D eigenvalue weighted by atomic mass is 79.9. The Hall–Kier alpha value is -3.37. The molecule has 0 atom stereocenters. The highest BCUT2D eigenvalue weighted by molar-refractivity contribution is 9.10. The van der Waals surface area contributed by atoms with Crippen molar-refractivity contribution in [1.82, 2.24) is 5.43 Å². The number of rotatable bonds is 9. The first kappa shape index (κ1) is 25.3. The minimum atomic E-state index is -0.593. The normalized spacial score (nSPS) is 10.6. The van der Waals surface area contributed by atoms with Crippen LogP contribution in [0.25, 0.3) is 0 Å². The molecule has 0 aliphatic carbocycles. The summed E-state index contributed by atoms with van der Waals surface area (Å²) in [7, 11) is 2.99. The summed E-state index contributed by atoms with van der Waals surface area (Å²) in [5.74, 6) is 0.673. The molecule has 0 radical (unpaired) electrons. The molecule has 0 saturated carbocycles. The molecular formula is C24H20Br2N2O6. The van der Waals surface area contributed by atoms with Gasteiger partial charge in [-0.1, -0.05) is 31.9 Å². The average Bonchev–Trinajstić information content (AvgIpc) is 2.84. The maximum absolute atomic E-state index is 12.7. The van der Waals surface area contributed by atoms with Gasteiger partial charge in [0, 0.05) is 14.5 Å². The van der Waals surface area contributed by atoms with Crippen molar-refractivity contribution >= 4 is 50.0 Å². The number of ether oxygens (including phenoxy) is 4. The lowest BCUT2D eigenvalue weighted by molar-refractivity contribution is -0.123. The number of hydrazone groups is 1. The van der Waals surface area contributed by atoms with Crippen molar-refractivity contribution in [1.29, 1.82) is 0 Å². The molecular weight excluding hydrogens is 572 g/mol. The summed E-state index contributed by atoms with van der Waals surface area (Å²) in [5, 5.41) is 3.94. The molecule has 0 saturated heterocycles. The third-order valence-electron chi connectivity index (χ3n) is 4.37. The van der Waals surface area contributed by atoms with E-state index in [1.807, 2.05) is 12.1 Å². The van der Waals surface area contributed by atoms with Crippen LogP contribution in [0, 0.1) is 0 Å². The summed E-state index contributed by atoms with van der Waals surface area (Å²) >= 11 is 6.71. The van der Waals surface area contributed by atoms with Crippen molar-refractivity contribution < 1.29 is 28.5 Å². The summed E-state index contributed by atoms with van der Waals surface area (Å²) in [5.41, 5.74) is 3.13. The topological polar surface area (TPSA) is 95.5 Å². The van der Waals surface area contributed by atoms with E-state index in [-0.39, 0.29) is 17.9 Å². The summed E-state index contributed by atoms with van der Waals surface area (Å²) in [4.78, 5) is 24.7. The van der Waals surface area contributed by atoms with E-state index in [4.69, 9.17) is 18.9 Å². The lowest BCUT2D eigenvalue weighted by Crippen LogP contribution is -2.24. The monoisotopic (exact) mass is 590 g/mol. The molecule has 3 rings (SSSR count). The van der Waals surface area contributed by atoms with Crippen LogP contribution in [0.1, 0.15) is 15.9 Å². The fourth-order valence-corrected chi connectivity index (χ4v) is 3.36. The summed E-state index contributed by atoms with van der Waals surface area (Å²) < 4.78 is 23.0. The first-order chi connectivity index (χ1) is 16.4. The van der Waals surface area contributed by atoms with Crippen LogP contribution in [0.2, 0.25) is 0 Å². The molecule has 1 amide bonds. The maximum atomic E-state index is 12.7. The Morgan fingerprint density at radius 2 is 1.56 bits per heavy atom. The number of carbonyl (C=O) groups excluding carboxylic acids is 2. The number of carbonyl (C=O) groups is 2. The van der Waals surface area contributed by atoms with Crippen LogP contribution in [0.3, 0.4) is 0 Å². The second-order valence-corrected chi connectivity index (χ2v) is 8.51. The van der Waals surface area contributed by atoms with Crippen molar-refractivity contribution in [3.8, 4) is 23.0 Å². The first-order valence-electron chi connectivity index (χ1n) is 9.83. The van der Waals surface area contributed by atoms with Crippen LogP contribution >= 0.6 is 31.9 Å². The molecule has 34 heavy (non-hydrogen) atoms. The van der Waals surface area contributed by atoms with Gasteiger partial charge in [-0.3, -0.25) is 4.79 Å². The minimum absolute atomic E-state index is 0.210. The van der Waals surface area contributed by atoms with Crippen LogP contribution in [-0.2, 0) is 4.79 Å². The molecule has 0 unspecified atom stereocenters. The van der Waals surface area contributed by atoms with Crippen molar-refractivity contribution in [3.63, 3.8) is 0 Å². The van der Waals surface area contributed by atoms with Crippen molar-refractivity contribution in [3.05, 3.63) is 80.7 Å². The van der Waals surface area contributed by atoms with Crippen LogP contribution < -0.4 is 24.4 Å². The van der Waals surface area contributed by atoms with Crippen molar-refractivity contribution in [2.24, 2.45) is 5.10 Å². The van der Waals surface area contributed by atoms with Crippen LogP contribution in [0.5, 0.6) is 23.0 Å². The zero-order chi connectivity index (χ0) is 24.5. The predicted molar refractivity (Wildman–Crippen MR) is 134 cm³/mol. The Morgan fingerprint density at radius 3 is 2.26 bits per heavy atom. The zero-order valence-electron chi connectivity index (χ0n) is 18.2.